The van der Waals surface area contributed by atoms with Crippen LogP contribution in [0, 0.1) is 0 Å². The molecule has 25 heavy (non-hydrogen) atoms. The maximum absolute atomic E-state index is 11.5. The van der Waals surface area contributed by atoms with Gasteiger partial charge in [-0.15, -0.1) is 0 Å². The van der Waals surface area contributed by atoms with Crippen LogP contribution in [0.2, 0.25) is 0 Å². The van der Waals surface area contributed by atoms with Crippen LogP contribution in [0.25, 0.3) is 12.2 Å². The van der Waals surface area contributed by atoms with Crippen LogP contribution in [0.15, 0.2) is 59.6 Å². The van der Waals surface area contributed by atoms with Crippen LogP contribution in [-0.4, -0.2) is 14.5 Å². The Hall–Kier alpha value is -2.57. The second kappa shape index (κ2) is 6.74. The second-order valence-corrected chi connectivity index (χ2v) is 7.76. The van der Waals surface area contributed by atoms with Gasteiger partial charge in [0.2, 0.25) is 10.0 Å². The van der Waals surface area contributed by atoms with Gasteiger partial charge in [-0.1, -0.05) is 43.0 Å². The van der Waals surface area contributed by atoms with Gasteiger partial charge in [0.25, 0.3) is 0 Å². The van der Waals surface area contributed by atoms with Gasteiger partial charge in [-0.25, -0.2) is 13.6 Å². The number of hydrogen-bond donors (Lipinski definition) is 3. The van der Waals surface area contributed by atoms with E-state index >= 15 is 0 Å². The number of sulfonamides is 1. The number of hydrogen-bond acceptors (Lipinski definition) is 4. The SMILES string of the molecule is C=C1C[C@@H](C)Nc2c(/C=C/c3cccc(S(N)(=O)=O)c3)cccc2N1. The van der Waals surface area contributed by atoms with Crippen molar-refractivity contribution in [2.75, 3.05) is 10.6 Å². The summed E-state index contributed by atoms with van der Waals surface area (Å²) in [5.41, 5.74) is 4.73. The lowest BCUT2D eigenvalue weighted by Gasteiger charge is -2.14. The maximum Gasteiger partial charge on any atom is 0.238 e. The van der Waals surface area contributed by atoms with Crippen molar-refractivity contribution in [3.63, 3.8) is 0 Å². The van der Waals surface area contributed by atoms with Crippen molar-refractivity contribution in [3.8, 4) is 0 Å². The average molecular weight is 355 g/mol. The minimum Gasteiger partial charge on any atom is -0.380 e. The summed E-state index contributed by atoms with van der Waals surface area (Å²) < 4.78 is 23.0. The van der Waals surface area contributed by atoms with E-state index in [4.69, 9.17) is 5.14 Å². The molecule has 2 aromatic carbocycles. The first-order chi connectivity index (χ1) is 11.8. The minimum absolute atomic E-state index is 0.103. The molecule has 3 rings (SSSR count). The molecule has 0 amide bonds. The molecule has 0 unspecified atom stereocenters. The number of primary sulfonamides is 1. The van der Waals surface area contributed by atoms with Crippen LogP contribution < -0.4 is 15.8 Å². The number of nitrogens with two attached hydrogens (primary N) is 1. The van der Waals surface area contributed by atoms with Gasteiger partial charge in [-0.2, -0.15) is 0 Å². The third-order valence-electron chi connectivity index (χ3n) is 3.99. The van der Waals surface area contributed by atoms with Gasteiger partial charge in [0, 0.05) is 18.2 Å². The van der Waals surface area contributed by atoms with Gasteiger partial charge in [0.1, 0.15) is 0 Å². The normalized spacial score (nSPS) is 17.5. The largest absolute Gasteiger partial charge is 0.380 e. The predicted molar refractivity (Wildman–Crippen MR) is 104 cm³/mol. The Morgan fingerprint density at radius 2 is 1.96 bits per heavy atom. The van der Waals surface area contributed by atoms with Crippen LogP contribution in [0.1, 0.15) is 24.5 Å². The van der Waals surface area contributed by atoms with Gasteiger partial charge in [-0.05, 0) is 36.2 Å². The second-order valence-electron chi connectivity index (χ2n) is 6.20. The number of para-hydroxylation sites is 1. The molecular weight excluding hydrogens is 334 g/mol. The van der Waals surface area contributed by atoms with Gasteiger partial charge in [0.05, 0.1) is 16.3 Å². The maximum atomic E-state index is 11.5. The van der Waals surface area contributed by atoms with Crippen LogP contribution in [0.3, 0.4) is 0 Å². The number of benzene rings is 2. The van der Waals surface area contributed by atoms with Gasteiger partial charge < -0.3 is 10.6 Å². The fraction of sp³-hybridized carbons (Fsp3) is 0.158. The third-order valence-corrected chi connectivity index (χ3v) is 4.90. The summed E-state index contributed by atoms with van der Waals surface area (Å²) in [5.74, 6) is 0. The zero-order valence-corrected chi connectivity index (χ0v) is 14.8. The van der Waals surface area contributed by atoms with Crippen LogP contribution >= 0.6 is 0 Å². The summed E-state index contributed by atoms with van der Waals surface area (Å²) in [7, 11) is -3.71. The first-order valence-corrected chi connectivity index (χ1v) is 9.53. The molecule has 130 valence electrons. The van der Waals surface area contributed by atoms with Crippen LogP contribution in [0.4, 0.5) is 11.4 Å². The van der Waals surface area contributed by atoms with Crippen molar-refractivity contribution in [2.24, 2.45) is 5.14 Å². The highest BCUT2D eigenvalue weighted by Gasteiger charge is 2.15. The Labute approximate surface area is 148 Å². The monoisotopic (exact) mass is 355 g/mol. The summed E-state index contributed by atoms with van der Waals surface area (Å²) in [4.78, 5) is 0.103. The molecule has 2 aromatic rings. The van der Waals surface area contributed by atoms with E-state index in [0.29, 0.717) is 0 Å². The Morgan fingerprint density at radius 3 is 2.72 bits per heavy atom. The van der Waals surface area contributed by atoms with E-state index in [0.717, 1.165) is 34.6 Å². The zero-order chi connectivity index (χ0) is 18.0. The van der Waals surface area contributed by atoms with E-state index < -0.39 is 10.0 Å². The first-order valence-electron chi connectivity index (χ1n) is 7.98. The smallest absolute Gasteiger partial charge is 0.238 e. The third kappa shape index (κ3) is 4.10. The minimum atomic E-state index is -3.71. The van der Waals surface area contributed by atoms with Crippen molar-refractivity contribution in [3.05, 3.63) is 65.9 Å². The summed E-state index contributed by atoms with van der Waals surface area (Å²) in [6.07, 6.45) is 4.67. The Morgan fingerprint density at radius 1 is 1.20 bits per heavy atom. The number of fused-ring (bicyclic) bond motifs is 1. The molecule has 6 heteroatoms. The lowest BCUT2D eigenvalue weighted by Crippen LogP contribution is -2.14. The quantitative estimate of drug-likeness (QED) is 0.734. The molecule has 0 bridgehead atoms. The van der Waals surface area contributed by atoms with Crippen molar-refractivity contribution in [1.82, 2.24) is 0 Å². The fourth-order valence-electron chi connectivity index (χ4n) is 2.86. The number of anilines is 2. The molecule has 0 aliphatic carbocycles. The molecule has 0 radical (unpaired) electrons. The number of rotatable bonds is 3. The van der Waals surface area contributed by atoms with Crippen molar-refractivity contribution in [2.45, 2.75) is 24.3 Å². The highest BCUT2D eigenvalue weighted by atomic mass is 32.2. The van der Waals surface area contributed by atoms with Gasteiger partial charge in [0.15, 0.2) is 0 Å². The topological polar surface area (TPSA) is 84.2 Å². The Bertz CT molecular complexity index is 949. The summed E-state index contributed by atoms with van der Waals surface area (Å²) >= 11 is 0. The standard InChI is InChI=1S/C19H21N3O2S/c1-13-11-14(2)22-19-16(6-4-8-18(19)21-13)10-9-15-5-3-7-17(12-15)25(20,23)24/h3-10,12,14,21-22H,1,11H2,2H3,(H2,20,23,24)/b10-9+/t14-/m1/s1. The summed E-state index contributed by atoms with van der Waals surface area (Å²) in [5, 5.41) is 12.0. The molecule has 0 spiro atoms. The Kier molecular flexibility index (Phi) is 4.65. The summed E-state index contributed by atoms with van der Waals surface area (Å²) in [6.45, 7) is 6.15. The van der Waals surface area contributed by atoms with Crippen molar-refractivity contribution in [1.29, 1.82) is 0 Å². The van der Waals surface area contributed by atoms with E-state index in [1.54, 1.807) is 12.1 Å². The highest BCUT2D eigenvalue weighted by molar-refractivity contribution is 7.89. The van der Waals surface area contributed by atoms with Crippen molar-refractivity contribution < 1.29 is 8.42 Å². The lowest BCUT2D eigenvalue weighted by molar-refractivity contribution is 0.598. The molecule has 5 nitrogen and oxygen atoms in total. The van der Waals surface area contributed by atoms with Crippen LogP contribution in [0.5, 0.6) is 0 Å². The molecule has 0 saturated heterocycles. The average Bonchev–Trinajstić information content (AvgIpc) is 2.69. The molecule has 1 atom stereocenters. The molecular formula is C19H21N3O2S. The fourth-order valence-corrected chi connectivity index (χ4v) is 3.43. The van der Waals surface area contributed by atoms with E-state index in [1.807, 2.05) is 36.4 Å². The molecule has 1 aliphatic heterocycles. The van der Waals surface area contributed by atoms with E-state index in [-0.39, 0.29) is 10.9 Å². The van der Waals surface area contributed by atoms with E-state index in [1.165, 1.54) is 6.07 Å². The van der Waals surface area contributed by atoms with Crippen LogP contribution in [-0.2, 0) is 10.0 Å². The zero-order valence-electron chi connectivity index (χ0n) is 14.0. The predicted octanol–water partition coefficient (Wildman–Crippen LogP) is 3.63. The Balaban J connectivity index is 1.95. The molecule has 0 fully saturated rings. The highest BCUT2D eigenvalue weighted by Crippen LogP contribution is 2.33. The van der Waals surface area contributed by atoms with Crippen molar-refractivity contribution >= 4 is 33.6 Å². The lowest BCUT2D eigenvalue weighted by atomic mass is 10.1. The van der Waals surface area contributed by atoms with E-state index in [9.17, 15) is 8.42 Å². The molecule has 1 heterocycles. The molecule has 0 aromatic heterocycles. The summed E-state index contributed by atoms with van der Waals surface area (Å²) in [6, 6.07) is 12.8. The first kappa shape index (κ1) is 17.3. The van der Waals surface area contributed by atoms with E-state index in [2.05, 4.69) is 24.1 Å². The molecule has 1 aliphatic rings. The number of nitrogens with one attached hydrogen (secondary N) is 2. The molecule has 4 N–H and O–H groups in total. The van der Waals surface area contributed by atoms with Gasteiger partial charge >= 0.3 is 0 Å². The van der Waals surface area contributed by atoms with Gasteiger partial charge in [-0.3, -0.25) is 0 Å². The molecule has 0 saturated carbocycles.